The van der Waals surface area contributed by atoms with E-state index in [4.69, 9.17) is 5.73 Å². The van der Waals surface area contributed by atoms with Crippen LogP contribution < -0.4 is 16.0 Å². The van der Waals surface area contributed by atoms with Gasteiger partial charge in [0.15, 0.2) is 0 Å². The van der Waals surface area contributed by atoms with Gasteiger partial charge in [-0.1, -0.05) is 26.0 Å². The summed E-state index contributed by atoms with van der Waals surface area (Å²) < 4.78 is 0. The third-order valence-electron chi connectivity index (χ3n) is 6.22. The molecule has 1 atom stereocenters. The van der Waals surface area contributed by atoms with Crippen molar-refractivity contribution in [2.24, 2.45) is 5.73 Å². The molecule has 0 saturated carbocycles. The van der Waals surface area contributed by atoms with Crippen molar-refractivity contribution < 1.29 is 4.79 Å². The predicted molar refractivity (Wildman–Crippen MR) is 115 cm³/mol. The smallest absolute Gasteiger partial charge is 0.248 e. The molecule has 28 heavy (non-hydrogen) atoms. The third-order valence-corrected chi connectivity index (χ3v) is 6.22. The molecule has 1 unspecified atom stereocenters. The van der Waals surface area contributed by atoms with Crippen LogP contribution in [-0.4, -0.2) is 44.0 Å². The first-order valence-electron chi connectivity index (χ1n) is 10.1. The number of nitrogens with one attached hydrogen (secondary N) is 1. The van der Waals surface area contributed by atoms with E-state index in [9.17, 15) is 4.79 Å². The van der Waals surface area contributed by atoms with Crippen LogP contribution in [0.4, 0.5) is 11.4 Å². The Bertz CT molecular complexity index is 884. The fourth-order valence-corrected chi connectivity index (χ4v) is 4.45. The molecule has 1 amide bonds. The number of likely N-dealkylation sites (N-methyl/N-ethyl adjacent to an activating group) is 1. The quantitative estimate of drug-likeness (QED) is 0.860. The second kappa shape index (κ2) is 7.13. The molecule has 0 aliphatic carbocycles. The Kier molecular flexibility index (Phi) is 4.79. The van der Waals surface area contributed by atoms with Crippen LogP contribution in [0.25, 0.3) is 0 Å². The maximum absolute atomic E-state index is 11.6. The van der Waals surface area contributed by atoms with Gasteiger partial charge < -0.3 is 20.9 Å². The molecule has 4 rings (SSSR count). The Balaban J connectivity index is 1.61. The molecule has 0 bridgehead atoms. The van der Waals surface area contributed by atoms with Gasteiger partial charge in [-0.05, 0) is 60.3 Å². The highest BCUT2D eigenvalue weighted by Gasteiger charge is 2.34. The Morgan fingerprint density at radius 1 is 1.11 bits per heavy atom. The van der Waals surface area contributed by atoms with Crippen LogP contribution in [0.15, 0.2) is 42.5 Å². The number of hydrogen-bond acceptors (Lipinski definition) is 4. The summed E-state index contributed by atoms with van der Waals surface area (Å²) >= 11 is 0. The second-order valence-electron chi connectivity index (χ2n) is 8.79. The number of nitrogens with zero attached hydrogens (tertiary/aromatic N) is 2. The fraction of sp³-hybridized carbons (Fsp3) is 0.435. The molecule has 2 aromatic carbocycles. The normalized spacial score (nSPS) is 21.7. The lowest BCUT2D eigenvalue weighted by molar-refractivity contribution is 0.1000. The molecule has 0 aromatic heterocycles. The van der Waals surface area contributed by atoms with Crippen LogP contribution in [0.1, 0.15) is 47.8 Å². The van der Waals surface area contributed by atoms with Crippen molar-refractivity contribution in [1.82, 2.24) is 4.90 Å². The summed E-state index contributed by atoms with van der Waals surface area (Å²) in [6, 6.07) is 14.9. The molecular formula is C23H30N4O. The van der Waals surface area contributed by atoms with E-state index in [1.807, 2.05) is 18.2 Å². The molecule has 148 valence electrons. The lowest BCUT2D eigenvalue weighted by atomic mass is 9.73. The van der Waals surface area contributed by atoms with E-state index in [-0.39, 0.29) is 17.4 Å². The first-order chi connectivity index (χ1) is 13.3. The first-order valence-corrected chi connectivity index (χ1v) is 10.1. The van der Waals surface area contributed by atoms with Gasteiger partial charge in [0, 0.05) is 43.1 Å². The number of piperazine rings is 1. The van der Waals surface area contributed by atoms with Gasteiger partial charge in [0.1, 0.15) is 0 Å². The summed E-state index contributed by atoms with van der Waals surface area (Å²) in [6.45, 7) is 8.84. The molecule has 0 spiro atoms. The van der Waals surface area contributed by atoms with E-state index in [1.54, 1.807) is 0 Å². The molecule has 2 aromatic rings. The molecule has 2 aliphatic heterocycles. The van der Waals surface area contributed by atoms with Crippen molar-refractivity contribution in [3.05, 3.63) is 59.2 Å². The average molecular weight is 379 g/mol. The van der Waals surface area contributed by atoms with Crippen molar-refractivity contribution in [3.63, 3.8) is 0 Å². The summed E-state index contributed by atoms with van der Waals surface area (Å²) in [5.74, 6) is -0.374. The first kappa shape index (κ1) is 18.8. The predicted octanol–water partition coefficient (Wildman–Crippen LogP) is 3.37. The van der Waals surface area contributed by atoms with Crippen molar-refractivity contribution in [1.29, 1.82) is 0 Å². The highest BCUT2D eigenvalue weighted by atomic mass is 16.1. The van der Waals surface area contributed by atoms with Crippen molar-refractivity contribution in [2.75, 3.05) is 43.4 Å². The third kappa shape index (κ3) is 3.59. The monoisotopic (exact) mass is 378 g/mol. The number of benzene rings is 2. The number of carbonyl (C=O) groups excluding carboxylic acids is 1. The summed E-state index contributed by atoms with van der Waals surface area (Å²) in [5.41, 5.74) is 10.9. The van der Waals surface area contributed by atoms with Gasteiger partial charge in [-0.25, -0.2) is 0 Å². The van der Waals surface area contributed by atoms with Crippen LogP contribution >= 0.6 is 0 Å². The number of carbonyl (C=O) groups is 1. The number of anilines is 2. The Labute approximate surface area is 167 Å². The van der Waals surface area contributed by atoms with Crippen molar-refractivity contribution in [2.45, 2.75) is 31.7 Å². The lowest BCUT2D eigenvalue weighted by Crippen LogP contribution is -2.44. The SMILES string of the molecule is CN1CCN(c2cccc(C3CC(C)(C)c4cc(C(N)=O)ccc4N3)c2)CC1. The van der Waals surface area contributed by atoms with E-state index >= 15 is 0 Å². The highest BCUT2D eigenvalue weighted by molar-refractivity contribution is 5.93. The van der Waals surface area contributed by atoms with E-state index in [0.29, 0.717) is 5.56 Å². The summed E-state index contributed by atoms with van der Waals surface area (Å²) in [4.78, 5) is 16.4. The second-order valence-corrected chi connectivity index (χ2v) is 8.79. The van der Waals surface area contributed by atoms with Gasteiger partial charge in [-0.2, -0.15) is 0 Å². The average Bonchev–Trinajstić information content (AvgIpc) is 2.68. The number of nitrogens with two attached hydrogens (primary N) is 1. The molecule has 5 nitrogen and oxygen atoms in total. The number of fused-ring (bicyclic) bond motifs is 1. The number of amides is 1. The minimum Gasteiger partial charge on any atom is -0.378 e. The molecule has 2 heterocycles. The Morgan fingerprint density at radius 2 is 1.86 bits per heavy atom. The lowest BCUT2D eigenvalue weighted by Gasteiger charge is -2.39. The van der Waals surface area contributed by atoms with E-state index in [1.165, 1.54) is 11.3 Å². The minimum atomic E-state index is -0.374. The van der Waals surface area contributed by atoms with E-state index in [0.717, 1.165) is 43.9 Å². The Hall–Kier alpha value is -2.53. The van der Waals surface area contributed by atoms with Gasteiger partial charge in [0.2, 0.25) is 5.91 Å². The van der Waals surface area contributed by atoms with Crippen LogP contribution in [0.5, 0.6) is 0 Å². The van der Waals surface area contributed by atoms with Gasteiger partial charge >= 0.3 is 0 Å². The number of hydrogen-bond donors (Lipinski definition) is 2. The van der Waals surface area contributed by atoms with E-state index < -0.39 is 0 Å². The molecule has 2 aliphatic rings. The Morgan fingerprint density at radius 3 is 2.57 bits per heavy atom. The molecular weight excluding hydrogens is 348 g/mol. The zero-order valence-electron chi connectivity index (χ0n) is 17.0. The molecule has 5 heteroatoms. The summed E-state index contributed by atoms with van der Waals surface area (Å²) in [6.07, 6.45) is 0.967. The van der Waals surface area contributed by atoms with Gasteiger partial charge in [-0.15, -0.1) is 0 Å². The maximum atomic E-state index is 11.6. The summed E-state index contributed by atoms with van der Waals surface area (Å²) in [7, 11) is 2.18. The molecule has 0 radical (unpaired) electrons. The van der Waals surface area contributed by atoms with Crippen LogP contribution in [0.2, 0.25) is 0 Å². The zero-order valence-corrected chi connectivity index (χ0v) is 17.0. The number of rotatable bonds is 3. The van der Waals surface area contributed by atoms with Crippen molar-refractivity contribution >= 4 is 17.3 Å². The van der Waals surface area contributed by atoms with Crippen LogP contribution in [0, 0.1) is 0 Å². The minimum absolute atomic E-state index is 0.0411. The van der Waals surface area contributed by atoms with Gasteiger partial charge in [0.05, 0.1) is 6.04 Å². The fourth-order valence-electron chi connectivity index (χ4n) is 4.45. The topological polar surface area (TPSA) is 61.6 Å². The molecule has 1 saturated heterocycles. The molecule has 1 fully saturated rings. The van der Waals surface area contributed by atoms with Crippen LogP contribution in [-0.2, 0) is 5.41 Å². The van der Waals surface area contributed by atoms with Crippen molar-refractivity contribution in [3.8, 4) is 0 Å². The summed E-state index contributed by atoms with van der Waals surface area (Å²) in [5, 5.41) is 3.69. The van der Waals surface area contributed by atoms with Gasteiger partial charge in [0.25, 0.3) is 0 Å². The largest absolute Gasteiger partial charge is 0.378 e. The standard InChI is InChI=1S/C23H30N4O/c1-23(2)15-21(25-20-8-7-17(22(24)28)14-19(20)23)16-5-4-6-18(13-16)27-11-9-26(3)10-12-27/h4-8,13-14,21,25H,9-12,15H2,1-3H3,(H2,24,28). The van der Waals surface area contributed by atoms with Gasteiger partial charge in [-0.3, -0.25) is 4.79 Å². The number of primary amides is 1. The van der Waals surface area contributed by atoms with E-state index in [2.05, 4.69) is 60.3 Å². The zero-order chi connectivity index (χ0) is 19.9. The highest BCUT2D eigenvalue weighted by Crippen LogP contribution is 2.44. The molecule has 3 N–H and O–H groups in total. The maximum Gasteiger partial charge on any atom is 0.248 e. The van der Waals surface area contributed by atoms with Crippen LogP contribution in [0.3, 0.4) is 0 Å².